The molecule has 0 bridgehead atoms. The number of aromatic nitrogens is 3. The standard InChI is InChI=1S/C13H17N5O3S2/c1-8(22-13-17-16-9(2)18(13)3)12(19)15-10-4-6-11(7-5-10)23(14,20)21/h4-8H,1-3H3,(H,15,19)(H2,14,20,21)/t8-/m1/s1. The number of amides is 1. The minimum absolute atomic E-state index is 0.00696. The zero-order valence-corrected chi connectivity index (χ0v) is 14.5. The number of rotatable bonds is 5. The number of hydrogen-bond acceptors (Lipinski definition) is 6. The second-order valence-corrected chi connectivity index (χ2v) is 7.78. The van der Waals surface area contributed by atoms with E-state index in [2.05, 4.69) is 15.5 Å². The van der Waals surface area contributed by atoms with Crippen LogP contribution >= 0.6 is 11.8 Å². The summed E-state index contributed by atoms with van der Waals surface area (Å²) in [7, 11) is -1.91. The van der Waals surface area contributed by atoms with E-state index in [0.29, 0.717) is 10.8 Å². The lowest BCUT2D eigenvalue weighted by Crippen LogP contribution is -2.23. The van der Waals surface area contributed by atoms with E-state index in [-0.39, 0.29) is 10.8 Å². The summed E-state index contributed by atoms with van der Waals surface area (Å²) in [5.74, 6) is 0.540. The Balaban J connectivity index is 2.02. The van der Waals surface area contributed by atoms with Gasteiger partial charge in [0.25, 0.3) is 0 Å². The Kier molecular flexibility index (Phi) is 5.07. The van der Waals surface area contributed by atoms with Gasteiger partial charge in [0.15, 0.2) is 5.16 Å². The summed E-state index contributed by atoms with van der Waals surface area (Å²) in [4.78, 5) is 12.2. The fraction of sp³-hybridized carbons (Fsp3) is 0.308. The number of nitrogens with zero attached hydrogens (tertiary/aromatic N) is 3. The molecule has 0 aliphatic heterocycles. The maximum atomic E-state index is 12.2. The Hall–Kier alpha value is -1.91. The Bertz CT molecular complexity index is 815. The molecule has 2 rings (SSSR count). The predicted octanol–water partition coefficient (Wildman–Crippen LogP) is 0.890. The van der Waals surface area contributed by atoms with E-state index in [0.717, 1.165) is 5.82 Å². The molecular weight excluding hydrogens is 338 g/mol. The molecule has 23 heavy (non-hydrogen) atoms. The number of aryl methyl sites for hydroxylation is 1. The van der Waals surface area contributed by atoms with Gasteiger partial charge in [-0.25, -0.2) is 13.6 Å². The molecule has 0 spiro atoms. The van der Waals surface area contributed by atoms with Crippen LogP contribution in [0.5, 0.6) is 0 Å². The average molecular weight is 355 g/mol. The van der Waals surface area contributed by atoms with Crippen molar-refractivity contribution in [2.45, 2.75) is 29.1 Å². The van der Waals surface area contributed by atoms with Crippen molar-refractivity contribution in [3.8, 4) is 0 Å². The van der Waals surface area contributed by atoms with Gasteiger partial charge in [-0.2, -0.15) is 0 Å². The second kappa shape index (κ2) is 6.69. The molecule has 124 valence electrons. The molecule has 1 heterocycles. The van der Waals surface area contributed by atoms with Crippen LogP contribution in [0.25, 0.3) is 0 Å². The first-order valence-electron chi connectivity index (χ1n) is 6.65. The molecule has 0 aliphatic carbocycles. The van der Waals surface area contributed by atoms with Crippen LogP contribution in [0.1, 0.15) is 12.7 Å². The van der Waals surface area contributed by atoms with Crippen molar-refractivity contribution in [3.05, 3.63) is 30.1 Å². The molecule has 1 aromatic heterocycles. The molecule has 0 saturated heterocycles. The summed E-state index contributed by atoms with van der Waals surface area (Å²) in [6.45, 7) is 3.58. The third-order valence-corrected chi connectivity index (χ3v) is 5.22. The van der Waals surface area contributed by atoms with Crippen molar-refractivity contribution in [2.75, 3.05) is 5.32 Å². The van der Waals surface area contributed by atoms with E-state index in [4.69, 9.17) is 5.14 Å². The van der Waals surface area contributed by atoms with Crippen molar-refractivity contribution in [2.24, 2.45) is 12.2 Å². The molecular formula is C13H17N5O3S2. The van der Waals surface area contributed by atoms with Crippen LogP contribution in [0.3, 0.4) is 0 Å². The van der Waals surface area contributed by atoms with E-state index < -0.39 is 15.3 Å². The van der Waals surface area contributed by atoms with Gasteiger partial charge in [0.05, 0.1) is 10.1 Å². The van der Waals surface area contributed by atoms with Crippen LogP contribution in [0, 0.1) is 6.92 Å². The smallest absolute Gasteiger partial charge is 0.238 e. The van der Waals surface area contributed by atoms with E-state index in [9.17, 15) is 13.2 Å². The molecule has 1 amide bonds. The number of primary sulfonamides is 1. The van der Waals surface area contributed by atoms with Gasteiger partial charge in [-0.3, -0.25) is 4.79 Å². The number of sulfonamides is 1. The summed E-state index contributed by atoms with van der Waals surface area (Å²) in [5.41, 5.74) is 0.490. The third kappa shape index (κ3) is 4.30. The first-order valence-corrected chi connectivity index (χ1v) is 9.07. The minimum atomic E-state index is -3.74. The van der Waals surface area contributed by atoms with Gasteiger partial charge in [0.2, 0.25) is 15.9 Å². The lowest BCUT2D eigenvalue weighted by Gasteiger charge is -2.11. The van der Waals surface area contributed by atoms with Crippen LogP contribution in [0.2, 0.25) is 0 Å². The monoisotopic (exact) mass is 355 g/mol. The van der Waals surface area contributed by atoms with Gasteiger partial charge < -0.3 is 9.88 Å². The molecule has 0 aliphatic rings. The molecule has 1 atom stereocenters. The maximum Gasteiger partial charge on any atom is 0.238 e. The van der Waals surface area contributed by atoms with E-state index in [1.54, 1.807) is 11.5 Å². The van der Waals surface area contributed by atoms with Crippen molar-refractivity contribution < 1.29 is 13.2 Å². The van der Waals surface area contributed by atoms with Crippen LogP contribution in [-0.2, 0) is 21.9 Å². The number of nitrogens with two attached hydrogens (primary N) is 1. The number of anilines is 1. The highest BCUT2D eigenvalue weighted by Gasteiger charge is 2.18. The first kappa shape index (κ1) is 17.4. The van der Waals surface area contributed by atoms with E-state index in [1.165, 1.54) is 36.0 Å². The average Bonchev–Trinajstić information content (AvgIpc) is 2.79. The quantitative estimate of drug-likeness (QED) is 0.769. The number of hydrogen-bond donors (Lipinski definition) is 2. The SMILES string of the molecule is Cc1nnc(S[C@H](C)C(=O)Nc2ccc(S(N)(=O)=O)cc2)n1C. The number of carbonyl (C=O) groups is 1. The third-order valence-electron chi connectivity index (χ3n) is 3.15. The Morgan fingerprint density at radius 2 is 1.91 bits per heavy atom. The van der Waals surface area contributed by atoms with Crippen LogP contribution in [0.15, 0.2) is 34.3 Å². The minimum Gasteiger partial charge on any atom is -0.325 e. The molecule has 2 aromatic rings. The van der Waals surface area contributed by atoms with Gasteiger partial charge in [-0.1, -0.05) is 11.8 Å². The van der Waals surface area contributed by atoms with Crippen molar-refractivity contribution in [1.82, 2.24) is 14.8 Å². The Morgan fingerprint density at radius 3 is 2.39 bits per heavy atom. The van der Waals surface area contributed by atoms with Gasteiger partial charge in [-0.15, -0.1) is 10.2 Å². The second-order valence-electron chi connectivity index (χ2n) is 4.91. The number of nitrogens with one attached hydrogen (secondary N) is 1. The summed E-state index contributed by atoms with van der Waals surface area (Å²) in [6, 6.07) is 5.66. The molecule has 0 radical (unpaired) electrons. The largest absolute Gasteiger partial charge is 0.325 e. The lowest BCUT2D eigenvalue weighted by atomic mass is 10.3. The first-order chi connectivity index (χ1) is 10.7. The van der Waals surface area contributed by atoms with Crippen molar-refractivity contribution in [3.63, 3.8) is 0 Å². The number of carbonyl (C=O) groups excluding carboxylic acids is 1. The molecule has 8 nitrogen and oxygen atoms in total. The topological polar surface area (TPSA) is 120 Å². The zero-order chi connectivity index (χ0) is 17.2. The highest BCUT2D eigenvalue weighted by Crippen LogP contribution is 2.22. The van der Waals surface area contributed by atoms with Crippen molar-refractivity contribution in [1.29, 1.82) is 0 Å². The highest BCUT2D eigenvalue weighted by atomic mass is 32.2. The van der Waals surface area contributed by atoms with Crippen molar-refractivity contribution >= 4 is 33.4 Å². The molecule has 10 heteroatoms. The van der Waals surface area contributed by atoms with Crippen LogP contribution in [0.4, 0.5) is 5.69 Å². The molecule has 0 unspecified atom stereocenters. The fourth-order valence-electron chi connectivity index (χ4n) is 1.67. The molecule has 3 N–H and O–H groups in total. The predicted molar refractivity (Wildman–Crippen MR) is 87.5 cm³/mol. The van der Waals surface area contributed by atoms with E-state index in [1.807, 2.05) is 14.0 Å². The number of thioether (sulfide) groups is 1. The summed E-state index contributed by atoms with van der Waals surface area (Å²) in [5, 5.41) is 15.9. The summed E-state index contributed by atoms with van der Waals surface area (Å²) >= 11 is 1.29. The van der Waals surface area contributed by atoms with Gasteiger partial charge in [0.1, 0.15) is 5.82 Å². The zero-order valence-electron chi connectivity index (χ0n) is 12.8. The maximum absolute atomic E-state index is 12.2. The van der Waals surface area contributed by atoms with Gasteiger partial charge >= 0.3 is 0 Å². The lowest BCUT2D eigenvalue weighted by molar-refractivity contribution is -0.115. The molecule has 0 fully saturated rings. The summed E-state index contributed by atoms with van der Waals surface area (Å²) < 4.78 is 24.2. The number of benzene rings is 1. The van der Waals surface area contributed by atoms with Crippen LogP contribution in [-0.4, -0.2) is 34.3 Å². The molecule has 0 saturated carbocycles. The van der Waals surface area contributed by atoms with Crippen LogP contribution < -0.4 is 10.5 Å². The van der Waals surface area contributed by atoms with Gasteiger partial charge in [0, 0.05) is 12.7 Å². The van der Waals surface area contributed by atoms with E-state index >= 15 is 0 Å². The Labute approximate surface area is 138 Å². The fourth-order valence-corrected chi connectivity index (χ4v) is 3.05. The molecule has 1 aromatic carbocycles. The van der Waals surface area contributed by atoms with Gasteiger partial charge in [-0.05, 0) is 38.1 Å². The normalized spacial score (nSPS) is 12.9. The highest BCUT2D eigenvalue weighted by molar-refractivity contribution is 8.00. The Morgan fingerprint density at radius 1 is 1.30 bits per heavy atom. The summed E-state index contributed by atoms with van der Waals surface area (Å²) in [6.07, 6.45) is 0.